The Balaban J connectivity index is 2.62. The van der Waals surface area contributed by atoms with Crippen molar-refractivity contribution in [3.63, 3.8) is 0 Å². The SMILES string of the molecule is CCOC(=O)COc1ccc(NCC(=O)OC(C)(C)C)cc1OC. The lowest BCUT2D eigenvalue weighted by atomic mass is 10.2. The molecule has 0 saturated carbocycles. The third-order valence-corrected chi connectivity index (χ3v) is 2.67. The lowest BCUT2D eigenvalue weighted by Gasteiger charge is -2.20. The molecule has 1 rings (SSSR count). The lowest BCUT2D eigenvalue weighted by Crippen LogP contribution is -2.28. The molecule has 0 bridgehead atoms. The molecule has 0 spiro atoms. The highest BCUT2D eigenvalue weighted by atomic mass is 16.6. The minimum absolute atomic E-state index is 0.0312. The molecule has 0 saturated heterocycles. The topological polar surface area (TPSA) is 83.1 Å². The third-order valence-electron chi connectivity index (χ3n) is 2.67. The van der Waals surface area contributed by atoms with Crippen LogP contribution in [-0.2, 0) is 19.1 Å². The maximum absolute atomic E-state index is 11.7. The number of esters is 2. The van der Waals surface area contributed by atoms with Crippen LogP contribution in [0.25, 0.3) is 0 Å². The Hall–Kier alpha value is -2.44. The number of carbonyl (C=O) groups is 2. The Morgan fingerprint density at radius 3 is 2.42 bits per heavy atom. The fourth-order valence-electron chi connectivity index (χ4n) is 1.79. The van der Waals surface area contributed by atoms with Crippen molar-refractivity contribution in [2.45, 2.75) is 33.3 Å². The van der Waals surface area contributed by atoms with Crippen LogP contribution in [0.5, 0.6) is 11.5 Å². The summed E-state index contributed by atoms with van der Waals surface area (Å²) >= 11 is 0. The van der Waals surface area contributed by atoms with Crippen LogP contribution in [0.2, 0.25) is 0 Å². The van der Waals surface area contributed by atoms with E-state index in [0.717, 1.165) is 0 Å². The molecule has 0 amide bonds. The first-order chi connectivity index (χ1) is 11.2. The van der Waals surface area contributed by atoms with Crippen molar-refractivity contribution >= 4 is 17.6 Å². The van der Waals surface area contributed by atoms with Crippen LogP contribution >= 0.6 is 0 Å². The normalized spacial score (nSPS) is 10.7. The van der Waals surface area contributed by atoms with E-state index in [1.54, 1.807) is 25.1 Å². The summed E-state index contributed by atoms with van der Waals surface area (Å²) in [7, 11) is 1.49. The van der Waals surface area contributed by atoms with Crippen molar-refractivity contribution in [1.29, 1.82) is 0 Å². The summed E-state index contributed by atoms with van der Waals surface area (Å²) in [6, 6.07) is 5.04. The van der Waals surface area contributed by atoms with Gasteiger partial charge in [0.25, 0.3) is 0 Å². The molecule has 1 N–H and O–H groups in total. The van der Waals surface area contributed by atoms with E-state index in [9.17, 15) is 9.59 Å². The van der Waals surface area contributed by atoms with Gasteiger partial charge in [-0.25, -0.2) is 4.79 Å². The van der Waals surface area contributed by atoms with Crippen LogP contribution < -0.4 is 14.8 Å². The van der Waals surface area contributed by atoms with E-state index in [2.05, 4.69) is 5.32 Å². The highest BCUT2D eigenvalue weighted by molar-refractivity contribution is 5.75. The fraction of sp³-hybridized carbons (Fsp3) is 0.529. The van der Waals surface area contributed by atoms with Crippen molar-refractivity contribution in [2.24, 2.45) is 0 Å². The lowest BCUT2D eigenvalue weighted by molar-refractivity contribution is -0.152. The van der Waals surface area contributed by atoms with Crippen LogP contribution in [0.1, 0.15) is 27.7 Å². The second-order valence-electron chi connectivity index (χ2n) is 5.90. The van der Waals surface area contributed by atoms with Gasteiger partial charge in [-0.15, -0.1) is 0 Å². The zero-order valence-corrected chi connectivity index (χ0v) is 14.8. The Morgan fingerprint density at radius 1 is 1.12 bits per heavy atom. The van der Waals surface area contributed by atoms with E-state index >= 15 is 0 Å². The van der Waals surface area contributed by atoms with Crippen molar-refractivity contribution < 1.29 is 28.5 Å². The van der Waals surface area contributed by atoms with E-state index < -0.39 is 11.6 Å². The number of rotatable bonds is 8. The molecular weight excluding hydrogens is 314 g/mol. The molecule has 1 aromatic rings. The maximum atomic E-state index is 11.7. The first-order valence-electron chi connectivity index (χ1n) is 7.67. The second-order valence-corrected chi connectivity index (χ2v) is 5.90. The number of hydrogen-bond donors (Lipinski definition) is 1. The highest BCUT2D eigenvalue weighted by Crippen LogP contribution is 2.30. The van der Waals surface area contributed by atoms with Crippen LogP contribution in [0, 0.1) is 0 Å². The first kappa shape index (κ1) is 19.6. The zero-order valence-electron chi connectivity index (χ0n) is 14.8. The molecule has 0 radical (unpaired) electrons. The number of hydrogen-bond acceptors (Lipinski definition) is 7. The summed E-state index contributed by atoms with van der Waals surface area (Å²) in [5.41, 5.74) is 0.141. The Bertz CT molecular complexity index is 565. The monoisotopic (exact) mass is 339 g/mol. The van der Waals surface area contributed by atoms with Crippen LogP contribution in [0.3, 0.4) is 0 Å². The molecule has 134 valence electrons. The highest BCUT2D eigenvalue weighted by Gasteiger charge is 2.16. The van der Waals surface area contributed by atoms with Crippen molar-refractivity contribution in [3.8, 4) is 11.5 Å². The molecule has 0 unspecified atom stereocenters. The summed E-state index contributed by atoms with van der Waals surface area (Å²) in [4.78, 5) is 23.0. The molecule has 7 heteroatoms. The van der Waals surface area contributed by atoms with Crippen molar-refractivity contribution in [1.82, 2.24) is 0 Å². The molecule has 7 nitrogen and oxygen atoms in total. The summed E-state index contributed by atoms with van der Waals surface area (Å²) in [5.74, 6) is 0.0395. The van der Waals surface area contributed by atoms with E-state index in [4.69, 9.17) is 18.9 Å². The van der Waals surface area contributed by atoms with E-state index in [1.807, 2.05) is 20.8 Å². The molecule has 0 aliphatic carbocycles. The number of benzene rings is 1. The predicted octanol–water partition coefficient (Wildman–Crippen LogP) is 2.39. The summed E-state index contributed by atoms with van der Waals surface area (Å²) < 4.78 is 20.6. The van der Waals surface area contributed by atoms with E-state index in [1.165, 1.54) is 7.11 Å². The van der Waals surface area contributed by atoms with Crippen LogP contribution in [0.15, 0.2) is 18.2 Å². The quantitative estimate of drug-likeness (QED) is 0.728. The van der Waals surface area contributed by atoms with E-state index in [0.29, 0.717) is 23.8 Å². The number of carbonyl (C=O) groups excluding carboxylic acids is 2. The van der Waals surface area contributed by atoms with Gasteiger partial charge < -0.3 is 24.3 Å². The van der Waals surface area contributed by atoms with Gasteiger partial charge in [0.05, 0.1) is 13.7 Å². The van der Waals surface area contributed by atoms with Gasteiger partial charge in [0, 0.05) is 11.8 Å². The van der Waals surface area contributed by atoms with E-state index in [-0.39, 0.29) is 19.1 Å². The molecular formula is C17H25NO6. The molecule has 0 aliphatic heterocycles. The largest absolute Gasteiger partial charge is 0.493 e. The van der Waals surface area contributed by atoms with Crippen molar-refractivity contribution in [2.75, 3.05) is 32.2 Å². The van der Waals surface area contributed by atoms with Crippen molar-refractivity contribution in [3.05, 3.63) is 18.2 Å². The number of methoxy groups -OCH3 is 1. The van der Waals surface area contributed by atoms with Gasteiger partial charge in [-0.1, -0.05) is 0 Å². The molecule has 0 fully saturated rings. The molecule has 0 aromatic heterocycles. The zero-order chi connectivity index (χ0) is 18.2. The smallest absolute Gasteiger partial charge is 0.344 e. The maximum Gasteiger partial charge on any atom is 0.344 e. The minimum Gasteiger partial charge on any atom is -0.493 e. The summed E-state index contributed by atoms with van der Waals surface area (Å²) in [5, 5.41) is 2.95. The van der Waals surface area contributed by atoms with Gasteiger partial charge in [-0.05, 0) is 39.8 Å². The van der Waals surface area contributed by atoms with Crippen LogP contribution in [-0.4, -0.2) is 44.4 Å². The van der Waals surface area contributed by atoms with Gasteiger partial charge in [0.15, 0.2) is 18.1 Å². The van der Waals surface area contributed by atoms with Gasteiger partial charge in [0.1, 0.15) is 12.1 Å². The van der Waals surface area contributed by atoms with Gasteiger partial charge in [-0.2, -0.15) is 0 Å². The molecule has 0 aliphatic rings. The van der Waals surface area contributed by atoms with Gasteiger partial charge in [-0.3, -0.25) is 4.79 Å². The summed E-state index contributed by atoms with van der Waals surface area (Å²) in [6.45, 7) is 7.28. The molecule has 0 heterocycles. The molecule has 0 atom stereocenters. The Labute approximate surface area is 142 Å². The average molecular weight is 339 g/mol. The first-order valence-corrected chi connectivity index (χ1v) is 7.67. The third kappa shape index (κ3) is 7.21. The number of nitrogens with one attached hydrogen (secondary N) is 1. The summed E-state index contributed by atoms with van der Waals surface area (Å²) in [6.07, 6.45) is 0. The minimum atomic E-state index is -0.527. The number of ether oxygens (including phenoxy) is 4. The standard InChI is InChI=1S/C17H25NO6/c1-6-22-16(20)11-23-13-8-7-12(9-14(13)21-5)18-10-15(19)24-17(2,3)4/h7-9,18H,6,10-11H2,1-5H3. The van der Waals surface area contributed by atoms with Crippen LogP contribution in [0.4, 0.5) is 5.69 Å². The Morgan fingerprint density at radius 2 is 1.83 bits per heavy atom. The Kier molecular flexibility index (Phi) is 7.35. The van der Waals surface area contributed by atoms with Gasteiger partial charge >= 0.3 is 11.9 Å². The fourth-order valence-corrected chi connectivity index (χ4v) is 1.79. The number of anilines is 1. The molecule has 1 aromatic carbocycles. The average Bonchev–Trinajstić information content (AvgIpc) is 2.50. The second kappa shape index (κ2) is 9.00. The predicted molar refractivity (Wildman–Crippen MR) is 89.5 cm³/mol. The molecule has 24 heavy (non-hydrogen) atoms. The van der Waals surface area contributed by atoms with Gasteiger partial charge in [0.2, 0.25) is 0 Å².